The summed E-state index contributed by atoms with van der Waals surface area (Å²) in [5, 5.41) is 8.42. The number of carbonyl (C=O) groups excluding carboxylic acids is 1. The Morgan fingerprint density at radius 1 is 1.03 bits per heavy atom. The van der Waals surface area contributed by atoms with Crippen molar-refractivity contribution in [1.29, 1.82) is 0 Å². The van der Waals surface area contributed by atoms with Crippen molar-refractivity contribution in [3.05, 3.63) is 64.6 Å². The molecule has 168 valence electrons. The number of hydrogen-bond donors (Lipinski definition) is 1. The lowest BCUT2D eigenvalue weighted by Gasteiger charge is -2.32. The number of carbonyl (C=O) groups is 1. The lowest BCUT2D eigenvalue weighted by molar-refractivity contribution is 0.0944. The van der Waals surface area contributed by atoms with Gasteiger partial charge < -0.3 is 19.9 Å². The van der Waals surface area contributed by atoms with Crippen LogP contribution in [0.4, 0.5) is 0 Å². The van der Waals surface area contributed by atoms with Gasteiger partial charge in [-0.3, -0.25) is 9.59 Å². The average Bonchev–Trinajstić information content (AvgIpc) is 2.83. The number of likely N-dealkylation sites (N-methyl/N-ethyl adjacent to an activating group) is 1. The van der Waals surface area contributed by atoms with E-state index in [0.717, 1.165) is 39.1 Å². The van der Waals surface area contributed by atoms with E-state index in [9.17, 15) is 9.59 Å². The van der Waals surface area contributed by atoms with Crippen LogP contribution in [0.2, 0.25) is 0 Å². The fraction of sp³-hybridized carbons (Fsp3) is 0.375. The predicted octanol–water partition coefficient (Wildman–Crippen LogP) is 1.76. The van der Waals surface area contributed by atoms with E-state index in [-0.39, 0.29) is 17.2 Å². The van der Waals surface area contributed by atoms with Gasteiger partial charge in [0.25, 0.3) is 11.5 Å². The minimum atomic E-state index is -0.295. The maximum atomic E-state index is 13.1. The molecule has 8 nitrogen and oxygen atoms in total. The van der Waals surface area contributed by atoms with E-state index in [4.69, 9.17) is 4.74 Å². The van der Waals surface area contributed by atoms with Gasteiger partial charge in [0.05, 0.1) is 12.5 Å². The molecule has 1 saturated heterocycles. The van der Waals surface area contributed by atoms with Crippen molar-refractivity contribution in [2.75, 3.05) is 53.4 Å². The zero-order chi connectivity index (χ0) is 22.5. The predicted molar refractivity (Wildman–Crippen MR) is 125 cm³/mol. The second-order valence-electron chi connectivity index (χ2n) is 8.04. The highest BCUT2D eigenvalue weighted by Crippen LogP contribution is 2.22. The topological polar surface area (TPSA) is 79.7 Å². The number of methoxy groups -OCH3 is 1. The first kappa shape index (κ1) is 22.0. The number of fused-ring (bicyclic) bond motifs is 1. The summed E-state index contributed by atoms with van der Waals surface area (Å²) in [6, 6.07) is 14.2. The zero-order valence-electron chi connectivity index (χ0n) is 18.6. The molecule has 0 spiro atoms. The normalized spacial score (nSPS) is 15.1. The molecule has 4 rings (SSSR count). The molecule has 1 amide bonds. The van der Waals surface area contributed by atoms with E-state index < -0.39 is 0 Å². The van der Waals surface area contributed by atoms with Gasteiger partial charge in [-0.25, -0.2) is 0 Å². The molecule has 8 heteroatoms. The zero-order valence-corrected chi connectivity index (χ0v) is 18.6. The molecule has 0 radical (unpaired) electrons. The minimum absolute atomic E-state index is 0.228. The first-order chi connectivity index (χ1) is 15.6. The summed E-state index contributed by atoms with van der Waals surface area (Å²) in [4.78, 5) is 30.9. The maximum Gasteiger partial charge on any atom is 0.279 e. The first-order valence-electron chi connectivity index (χ1n) is 10.9. The average molecular weight is 436 g/mol. The third-order valence-corrected chi connectivity index (χ3v) is 5.87. The highest BCUT2D eigenvalue weighted by atomic mass is 16.5. The molecular formula is C24H29N5O3. The van der Waals surface area contributed by atoms with Gasteiger partial charge in [-0.1, -0.05) is 30.3 Å². The van der Waals surface area contributed by atoms with E-state index >= 15 is 0 Å². The Kier molecular flexibility index (Phi) is 6.82. The van der Waals surface area contributed by atoms with Crippen molar-refractivity contribution in [3.63, 3.8) is 0 Å². The van der Waals surface area contributed by atoms with Crippen LogP contribution in [0.5, 0.6) is 5.75 Å². The third-order valence-electron chi connectivity index (χ3n) is 5.87. The summed E-state index contributed by atoms with van der Waals surface area (Å²) in [7, 11) is 3.68. The Hall–Kier alpha value is -3.23. The Labute approximate surface area is 187 Å². The van der Waals surface area contributed by atoms with Crippen molar-refractivity contribution >= 4 is 16.7 Å². The summed E-state index contributed by atoms with van der Waals surface area (Å²) in [6.45, 7) is 5.76. The van der Waals surface area contributed by atoms with Crippen LogP contribution in [0.15, 0.2) is 53.3 Å². The molecule has 0 unspecified atom stereocenters. The van der Waals surface area contributed by atoms with E-state index in [2.05, 4.69) is 27.3 Å². The smallest absolute Gasteiger partial charge is 0.279 e. The number of amides is 1. The number of nitrogens with zero attached hydrogens (tertiary/aromatic N) is 4. The van der Waals surface area contributed by atoms with Crippen molar-refractivity contribution < 1.29 is 9.53 Å². The van der Waals surface area contributed by atoms with Crippen molar-refractivity contribution in [1.82, 2.24) is 24.9 Å². The van der Waals surface area contributed by atoms with Crippen LogP contribution >= 0.6 is 0 Å². The molecule has 0 saturated carbocycles. The summed E-state index contributed by atoms with van der Waals surface area (Å²) < 4.78 is 6.65. The summed E-state index contributed by atoms with van der Waals surface area (Å²) in [5.74, 6) is 0.221. The van der Waals surface area contributed by atoms with E-state index in [1.807, 2.05) is 6.07 Å². The number of ether oxygens (including phenoxy) is 1. The van der Waals surface area contributed by atoms with E-state index in [0.29, 0.717) is 28.8 Å². The largest absolute Gasteiger partial charge is 0.494 e. The molecule has 1 aliphatic rings. The molecule has 3 aromatic rings. The highest BCUT2D eigenvalue weighted by Gasteiger charge is 2.19. The van der Waals surface area contributed by atoms with E-state index in [1.165, 1.54) is 4.68 Å². The lowest BCUT2D eigenvalue weighted by Crippen LogP contribution is -2.45. The van der Waals surface area contributed by atoms with Crippen LogP contribution in [0.25, 0.3) is 16.5 Å². The highest BCUT2D eigenvalue weighted by molar-refractivity contribution is 6.04. The van der Waals surface area contributed by atoms with E-state index in [1.54, 1.807) is 49.6 Å². The monoisotopic (exact) mass is 435 g/mol. The number of rotatable bonds is 7. The summed E-state index contributed by atoms with van der Waals surface area (Å²) >= 11 is 0. The standard InChI is InChI=1S/C24H29N5O3/c1-27-14-16-28(17-15-27)13-7-12-25-23(30)22-18-8-3-4-9-19(18)24(31)29(26-22)20-10-5-6-11-21(20)32-2/h3-6,8-11H,7,12-17H2,1-2H3,(H,25,30). The molecule has 1 fully saturated rings. The number of hydrogen-bond acceptors (Lipinski definition) is 6. The van der Waals surface area contributed by atoms with Gasteiger partial charge in [-0.2, -0.15) is 9.78 Å². The Morgan fingerprint density at radius 3 is 2.47 bits per heavy atom. The second kappa shape index (κ2) is 9.93. The third kappa shape index (κ3) is 4.66. The fourth-order valence-electron chi connectivity index (χ4n) is 3.99. The van der Waals surface area contributed by atoms with Crippen LogP contribution in [-0.4, -0.2) is 78.9 Å². The molecule has 0 bridgehead atoms. The lowest BCUT2D eigenvalue weighted by atomic mass is 10.1. The van der Waals surface area contributed by atoms with Crippen LogP contribution in [0, 0.1) is 0 Å². The summed E-state index contributed by atoms with van der Waals surface area (Å²) in [6.07, 6.45) is 0.861. The molecule has 1 aliphatic heterocycles. The SMILES string of the molecule is COc1ccccc1-n1nc(C(=O)NCCCN2CCN(C)CC2)c2ccccc2c1=O. The van der Waals surface area contributed by atoms with Gasteiger partial charge in [-0.05, 0) is 38.2 Å². The molecule has 0 aliphatic carbocycles. The molecule has 1 aromatic heterocycles. The van der Waals surface area contributed by atoms with Gasteiger partial charge in [0, 0.05) is 38.1 Å². The number of aromatic nitrogens is 2. The number of nitrogens with one attached hydrogen (secondary N) is 1. The van der Waals surface area contributed by atoms with Crippen LogP contribution in [-0.2, 0) is 0 Å². The van der Waals surface area contributed by atoms with Crippen LogP contribution in [0.1, 0.15) is 16.9 Å². The quantitative estimate of drug-likeness (QED) is 0.570. The van der Waals surface area contributed by atoms with Gasteiger partial charge in [0.2, 0.25) is 0 Å². The van der Waals surface area contributed by atoms with Crippen LogP contribution < -0.4 is 15.6 Å². The van der Waals surface area contributed by atoms with Crippen LogP contribution in [0.3, 0.4) is 0 Å². The second-order valence-corrected chi connectivity index (χ2v) is 8.04. The maximum absolute atomic E-state index is 13.1. The number of benzene rings is 2. The molecular weight excluding hydrogens is 406 g/mol. The van der Waals surface area contributed by atoms with Gasteiger partial charge in [0.1, 0.15) is 11.4 Å². The van der Waals surface area contributed by atoms with Gasteiger partial charge in [-0.15, -0.1) is 0 Å². The van der Waals surface area contributed by atoms with Crippen molar-refractivity contribution in [2.45, 2.75) is 6.42 Å². The van der Waals surface area contributed by atoms with Crippen molar-refractivity contribution in [3.8, 4) is 11.4 Å². The fourth-order valence-corrected chi connectivity index (χ4v) is 3.99. The minimum Gasteiger partial charge on any atom is -0.494 e. The van der Waals surface area contributed by atoms with Crippen molar-refractivity contribution in [2.24, 2.45) is 0 Å². The number of para-hydroxylation sites is 2. The molecule has 2 heterocycles. The van der Waals surface area contributed by atoms with Gasteiger partial charge in [0.15, 0.2) is 5.69 Å². The molecule has 2 aromatic carbocycles. The van der Waals surface area contributed by atoms with Gasteiger partial charge >= 0.3 is 0 Å². The Balaban J connectivity index is 1.56. The molecule has 0 atom stereocenters. The first-order valence-corrected chi connectivity index (χ1v) is 10.9. The number of piperazine rings is 1. The summed E-state index contributed by atoms with van der Waals surface area (Å²) in [5.41, 5.74) is 0.428. The Morgan fingerprint density at radius 2 is 1.72 bits per heavy atom. The molecule has 32 heavy (non-hydrogen) atoms. The Bertz CT molecular complexity index is 1150. The molecule has 1 N–H and O–H groups in total.